The minimum Gasteiger partial charge on any atom is -0.310 e. The fraction of sp³-hybridized carbons (Fsp3) is 0.625. The van der Waals surface area contributed by atoms with Crippen molar-refractivity contribution in [2.24, 2.45) is 5.92 Å². The van der Waals surface area contributed by atoms with Crippen LogP contribution in [0.5, 0.6) is 0 Å². The molecule has 1 fully saturated rings. The molecule has 2 rings (SSSR count). The van der Waals surface area contributed by atoms with Gasteiger partial charge >= 0.3 is 6.18 Å². The Hall–Kier alpha value is -1.10. The molecule has 1 nitrogen and oxygen atoms in total. The second-order valence-electron chi connectivity index (χ2n) is 5.91. The molecule has 2 unspecified atom stereocenters. The molecule has 0 amide bonds. The average Bonchev–Trinajstić information content (AvgIpc) is 2.61. The van der Waals surface area contributed by atoms with Gasteiger partial charge in [0.15, 0.2) is 0 Å². The van der Waals surface area contributed by atoms with Crippen molar-refractivity contribution in [3.05, 3.63) is 35.1 Å². The first-order valence-corrected chi connectivity index (χ1v) is 7.47. The summed E-state index contributed by atoms with van der Waals surface area (Å²) in [5.41, 5.74) is -0.712. The number of benzene rings is 1. The van der Waals surface area contributed by atoms with Gasteiger partial charge in [-0.3, -0.25) is 0 Å². The standard InChI is InChI=1S/C16H21F4N/c1-11-5-3-2-4-6-15(11)21-10-12-7-8-14(17)13(9-12)16(18,19)20/h7-9,11,15,21H,2-6,10H2,1H3. The van der Waals surface area contributed by atoms with Crippen molar-refractivity contribution in [1.29, 1.82) is 0 Å². The van der Waals surface area contributed by atoms with Crippen LogP contribution >= 0.6 is 0 Å². The van der Waals surface area contributed by atoms with Crippen molar-refractivity contribution in [3.8, 4) is 0 Å². The van der Waals surface area contributed by atoms with Crippen molar-refractivity contribution < 1.29 is 17.6 Å². The smallest absolute Gasteiger partial charge is 0.310 e. The molecule has 0 radical (unpaired) electrons. The molecule has 1 saturated carbocycles. The third kappa shape index (κ3) is 4.43. The zero-order valence-corrected chi connectivity index (χ0v) is 12.1. The SMILES string of the molecule is CC1CCCCCC1NCc1ccc(F)c(C(F)(F)F)c1. The summed E-state index contributed by atoms with van der Waals surface area (Å²) in [6.07, 6.45) is 1.14. The van der Waals surface area contributed by atoms with Crippen LogP contribution in [0.25, 0.3) is 0 Å². The van der Waals surface area contributed by atoms with Gasteiger partial charge in [0, 0.05) is 12.6 Å². The predicted molar refractivity (Wildman–Crippen MR) is 74.3 cm³/mol. The summed E-state index contributed by atoms with van der Waals surface area (Å²) < 4.78 is 51.3. The average molecular weight is 303 g/mol. The normalized spacial score (nSPS) is 23.9. The van der Waals surface area contributed by atoms with Crippen LogP contribution < -0.4 is 5.32 Å². The number of rotatable bonds is 3. The Bertz CT molecular complexity index is 470. The Morgan fingerprint density at radius 1 is 1.14 bits per heavy atom. The van der Waals surface area contributed by atoms with Gasteiger partial charge in [0.1, 0.15) is 5.82 Å². The van der Waals surface area contributed by atoms with E-state index in [0.717, 1.165) is 31.4 Å². The van der Waals surface area contributed by atoms with Crippen LogP contribution in [0.3, 0.4) is 0 Å². The van der Waals surface area contributed by atoms with Gasteiger partial charge in [-0.1, -0.05) is 32.3 Å². The van der Waals surface area contributed by atoms with Crippen LogP contribution in [-0.4, -0.2) is 6.04 Å². The van der Waals surface area contributed by atoms with Crippen LogP contribution in [-0.2, 0) is 12.7 Å². The highest BCUT2D eigenvalue weighted by atomic mass is 19.4. The van der Waals surface area contributed by atoms with Crippen molar-refractivity contribution in [3.63, 3.8) is 0 Å². The molecule has 1 aliphatic rings. The lowest BCUT2D eigenvalue weighted by Crippen LogP contribution is -2.33. The number of halogens is 4. The van der Waals surface area contributed by atoms with Gasteiger partial charge in [-0.15, -0.1) is 0 Å². The van der Waals surface area contributed by atoms with Crippen molar-refractivity contribution in [1.82, 2.24) is 5.32 Å². The third-order valence-electron chi connectivity index (χ3n) is 4.27. The van der Waals surface area contributed by atoms with Crippen LogP contribution in [0.1, 0.15) is 50.2 Å². The largest absolute Gasteiger partial charge is 0.419 e. The summed E-state index contributed by atoms with van der Waals surface area (Å²) in [5.74, 6) is -0.691. The first kappa shape index (κ1) is 16.3. The van der Waals surface area contributed by atoms with E-state index >= 15 is 0 Å². The second-order valence-corrected chi connectivity index (χ2v) is 5.91. The highest BCUT2D eigenvalue weighted by Gasteiger charge is 2.34. The monoisotopic (exact) mass is 303 g/mol. The molecule has 1 aliphatic carbocycles. The minimum atomic E-state index is -4.64. The first-order chi connectivity index (χ1) is 9.88. The molecule has 118 valence electrons. The number of hydrogen-bond donors (Lipinski definition) is 1. The van der Waals surface area contributed by atoms with Gasteiger partial charge in [-0.2, -0.15) is 13.2 Å². The molecular formula is C16H21F4N. The minimum absolute atomic E-state index is 0.326. The van der Waals surface area contributed by atoms with Gasteiger partial charge in [0.2, 0.25) is 0 Å². The van der Waals surface area contributed by atoms with Crippen molar-refractivity contribution in [2.45, 2.75) is 57.8 Å². The maximum Gasteiger partial charge on any atom is 0.419 e. The molecule has 0 bridgehead atoms. The fourth-order valence-corrected chi connectivity index (χ4v) is 2.94. The molecule has 2 atom stereocenters. The summed E-state index contributed by atoms with van der Waals surface area (Å²) in [5, 5.41) is 3.34. The zero-order valence-electron chi connectivity index (χ0n) is 12.1. The Morgan fingerprint density at radius 3 is 2.57 bits per heavy atom. The summed E-state index contributed by atoms with van der Waals surface area (Å²) >= 11 is 0. The maximum absolute atomic E-state index is 13.2. The van der Waals surface area contributed by atoms with Crippen LogP contribution in [0.4, 0.5) is 17.6 Å². The zero-order chi connectivity index (χ0) is 15.5. The lowest BCUT2D eigenvalue weighted by atomic mass is 9.96. The van der Waals surface area contributed by atoms with Gasteiger partial charge in [-0.25, -0.2) is 4.39 Å². The molecule has 5 heteroatoms. The number of alkyl halides is 3. The van der Waals surface area contributed by atoms with Crippen LogP contribution in [0, 0.1) is 11.7 Å². The van der Waals surface area contributed by atoms with Gasteiger partial charge in [0.25, 0.3) is 0 Å². The summed E-state index contributed by atoms with van der Waals surface area (Å²) in [4.78, 5) is 0. The van der Waals surface area contributed by atoms with Gasteiger partial charge < -0.3 is 5.32 Å². The predicted octanol–water partition coefficient (Wildman–Crippen LogP) is 4.90. The van der Waals surface area contributed by atoms with Crippen molar-refractivity contribution in [2.75, 3.05) is 0 Å². The topological polar surface area (TPSA) is 12.0 Å². The first-order valence-electron chi connectivity index (χ1n) is 7.47. The van der Waals surface area contributed by atoms with E-state index in [0.29, 0.717) is 24.1 Å². The molecule has 1 N–H and O–H groups in total. The molecule has 0 heterocycles. The van der Waals surface area contributed by atoms with E-state index in [1.54, 1.807) is 0 Å². The van der Waals surface area contributed by atoms with E-state index in [9.17, 15) is 17.6 Å². The lowest BCUT2D eigenvalue weighted by molar-refractivity contribution is -0.140. The molecule has 1 aromatic rings. The summed E-state index contributed by atoms with van der Waals surface area (Å²) in [7, 11) is 0. The molecular weight excluding hydrogens is 282 g/mol. The Morgan fingerprint density at radius 2 is 1.86 bits per heavy atom. The van der Waals surface area contributed by atoms with E-state index < -0.39 is 17.6 Å². The second kappa shape index (κ2) is 6.77. The fourth-order valence-electron chi connectivity index (χ4n) is 2.94. The lowest BCUT2D eigenvalue weighted by Gasteiger charge is -2.23. The number of nitrogens with one attached hydrogen (secondary N) is 1. The Kier molecular flexibility index (Phi) is 5.25. The van der Waals surface area contributed by atoms with Gasteiger partial charge in [-0.05, 0) is 36.5 Å². The van der Waals surface area contributed by atoms with E-state index in [1.807, 2.05) is 0 Å². The highest BCUT2D eigenvalue weighted by Crippen LogP contribution is 2.32. The molecule has 1 aromatic carbocycles. The van der Waals surface area contributed by atoms with Gasteiger partial charge in [0.05, 0.1) is 5.56 Å². The number of hydrogen-bond acceptors (Lipinski definition) is 1. The molecule has 21 heavy (non-hydrogen) atoms. The van der Waals surface area contributed by atoms with Crippen molar-refractivity contribution >= 4 is 0 Å². The molecule has 0 spiro atoms. The quantitative estimate of drug-likeness (QED) is 0.618. The summed E-state index contributed by atoms with van der Waals surface area (Å²) in [6, 6.07) is 3.55. The van der Waals surface area contributed by atoms with E-state index in [4.69, 9.17) is 0 Å². The maximum atomic E-state index is 13.2. The third-order valence-corrected chi connectivity index (χ3v) is 4.27. The Balaban J connectivity index is 2.03. The Labute approximate surface area is 122 Å². The molecule has 0 saturated heterocycles. The molecule has 0 aliphatic heterocycles. The van der Waals surface area contributed by atoms with Crippen LogP contribution in [0.15, 0.2) is 18.2 Å². The van der Waals surface area contributed by atoms with E-state index in [2.05, 4.69) is 12.2 Å². The van der Waals surface area contributed by atoms with E-state index in [-0.39, 0.29) is 0 Å². The molecule has 0 aromatic heterocycles. The highest BCUT2D eigenvalue weighted by molar-refractivity contribution is 5.27. The summed E-state index contributed by atoms with van der Waals surface area (Å²) in [6.45, 7) is 2.52. The van der Waals surface area contributed by atoms with Crippen LogP contribution in [0.2, 0.25) is 0 Å². The van der Waals surface area contributed by atoms with E-state index in [1.165, 1.54) is 18.9 Å².